The Hall–Kier alpha value is -1.66. The molecule has 0 radical (unpaired) electrons. The number of hydrogen-bond acceptors (Lipinski definition) is 4. The number of nitrogens with zero attached hydrogens (tertiary/aromatic N) is 3. The molecule has 1 saturated heterocycles. The molecule has 0 saturated carbocycles. The summed E-state index contributed by atoms with van der Waals surface area (Å²) in [6, 6.07) is 13.1. The first-order valence-corrected chi connectivity index (χ1v) is 10.7. The minimum Gasteiger partial charge on any atom is -0.368 e. The van der Waals surface area contributed by atoms with Crippen LogP contribution in [0.15, 0.2) is 52.4 Å². The fraction of sp³-hybridized carbons (Fsp3) is 0.200. The second-order valence-corrected chi connectivity index (χ2v) is 8.72. The number of halogens is 3. The van der Waals surface area contributed by atoms with Crippen molar-refractivity contribution < 1.29 is 4.79 Å². The minimum absolute atomic E-state index is 0.233. The van der Waals surface area contributed by atoms with E-state index in [2.05, 4.69) is 20.9 Å². The van der Waals surface area contributed by atoms with Crippen LogP contribution in [0.3, 0.4) is 0 Å². The second-order valence-electron chi connectivity index (χ2n) is 6.43. The van der Waals surface area contributed by atoms with E-state index in [1.54, 1.807) is 24.3 Å². The highest BCUT2D eigenvalue weighted by molar-refractivity contribution is 8.18. The summed E-state index contributed by atoms with van der Waals surface area (Å²) in [7, 11) is 0. The molecule has 1 fully saturated rings. The van der Waals surface area contributed by atoms with E-state index in [4.69, 9.17) is 34.8 Å². The lowest BCUT2D eigenvalue weighted by atomic mass is 10.2. The van der Waals surface area contributed by atoms with Gasteiger partial charge in [-0.05, 0) is 53.7 Å². The zero-order valence-corrected chi connectivity index (χ0v) is 17.8. The summed E-state index contributed by atoms with van der Waals surface area (Å²) in [5, 5.41) is 2.55. The van der Waals surface area contributed by atoms with E-state index in [9.17, 15) is 4.79 Å². The van der Waals surface area contributed by atoms with Gasteiger partial charge in [0.25, 0.3) is 5.91 Å². The molecule has 2 aromatic rings. The quantitative estimate of drug-likeness (QED) is 0.569. The predicted molar refractivity (Wildman–Crippen MR) is 120 cm³/mol. The Bertz CT molecular complexity index is 984. The van der Waals surface area contributed by atoms with Crippen LogP contribution in [0.1, 0.15) is 5.56 Å². The Balaban J connectivity index is 1.42. The van der Waals surface area contributed by atoms with Gasteiger partial charge in [-0.1, -0.05) is 46.9 Å². The van der Waals surface area contributed by atoms with Gasteiger partial charge in [-0.25, -0.2) is 0 Å². The number of carbonyl (C=O) groups is 1. The SMILES string of the molecule is O=C1N=C(N2CCN(c3cccc(Cl)c3)CC2)S/C1=C\c1ccc(Cl)cc1Cl. The van der Waals surface area contributed by atoms with Gasteiger partial charge in [-0.2, -0.15) is 4.99 Å². The summed E-state index contributed by atoms with van der Waals surface area (Å²) in [5.74, 6) is -0.233. The smallest absolute Gasteiger partial charge is 0.286 e. The molecule has 0 spiro atoms. The number of amides is 1. The number of amidine groups is 1. The standard InChI is InChI=1S/C20H16Cl3N3OS/c21-14-2-1-3-16(11-14)25-6-8-26(9-7-25)20-24-19(27)18(28-20)10-13-4-5-15(22)12-17(13)23/h1-5,10-12H,6-9H2/b18-10-. The third-order valence-corrected chi connectivity index (χ3v) is 6.42. The molecule has 2 aliphatic heterocycles. The van der Waals surface area contributed by atoms with Crippen molar-refractivity contribution in [3.8, 4) is 0 Å². The fourth-order valence-electron chi connectivity index (χ4n) is 3.12. The summed E-state index contributed by atoms with van der Waals surface area (Å²) in [6.45, 7) is 3.27. The first-order valence-electron chi connectivity index (χ1n) is 8.73. The van der Waals surface area contributed by atoms with Crippen LogP contribution in [0.5, 0.6) is 0 Å². The van der Waals surface area contributed by atoms with Crippen molar-refractivity contribution in [2.24, 2.45) is 4.99 Å². The third-order valence-electron chi connectivity index (χ3n) is 4.58. The Morgan fingerprint density at radius 1 is 0.929 bits per heavy atom. The van der Waals surface area contributed by atoms with E-state index in [1.165, 1.54) is 11.8 Å². The molecule has 144 valence electrons. The molecule has 28 heavy (non-hydrogen) atoms. The van der Waals surface area contributed by atoms with Crippen LogP contribution >= 0.6 is 46.6 Å². The molecular formula is C20H16Cl3N3OS. The van der Waals surface area contributed by atoms with Crippen LogP contribution in [0.4, 0.5) is 5.69 Å². The van der Waals surface area contributed by atoms with Crippen LogP contribution in [-0.4, -0.2) is 42.2 Å². The van der Waals surface area contributed by atoms with Gasteiger partial charge in [0.1, 0.15) is 0 Å². The molecule has 0 aromatic heterocycles. The van der Waals surface area contributed by atoms with E-state index >= 15 is 0 Å². The van der Waals surface area contributed by atoms with Gasteiger partial charge in [-0.15, -0.1) is 0 Å². The largest absolute Gasteiger partial charge is 0.368 e. The molecule has 0 atom stereocenters. The summed E-state index contributed by atoms with van der Waals surface area (Å²) < 4.78 is 0. The molecule has 4 rings (SSSR count). The Morgan fingerprint density at radius 2 is 1.64 bits per heavy atom. The number of thioether (sulfide) groups is 1. The maximum Gasteiger partial charge on any atom is 0.286 e. The van der Waals surface area contributed by atoms with Crippen LogP contribution < -0.4 is 4.90 Å². The van der Waals surface area contributed by atoms with Crippen LogP contribution in [-0.2, 0) is 4.79 Å². The second kappa shape index (κ2) is 8.37. The maximum atomic E-state index is 12.3. The highest BCUT2D eigenvalue weighted by atomic mass is 35.5. The van der Waals surface area contributed by atoms with Crippen LogP contribution in [0.25, 0.3) is 6.08 Å². The lowest BCUT2D eigenvalue weighted by Gasteiger charge is -2.36. The summed E-state index contributed by atoms with van der Waals surface area (Å²) in [5.41, 5.74) is 1.87. The van der Waals surface area contributed by atoms with Gasteiger partial charge in [0.15, 0.2) is 5.17 Å². The number of rotatable bonds is 2. The van der Waals surface area contributed by atoms with Crippen molar-refractivity contribution in [1.82, 2.24) is 4.90 Å². The van der Waals surface area contributed by atoms with E-state index in [0.717, 1.165) is 47.6 Å². The third kappa shape index (κ3) is 4.33. The average molecular weight is 453 g/mol. The Labute approximate surface area is 182 Å². The highest BCUT2D eigenvalue weighted by Gasteiger charge is 2.28. The normalized spacial score (nSPS) is 18.8. The summed E-state index contributed by atoms with van der Waals surface area (Å²) in [4.78, 5) is 21.6. The molecule has 4 nitrogen and oxygen atoms in total. The first-order chi connectivity index (χ1) is 13.5. The van der Waals surface area contributed by atoms with E-state index < -0.39 is 0 Å². The topological polar surface area (TPSA) is 35.9 Å². The summed E-state index contributed by atoms with van der Waals surface area (Å²) >= 11 is 19.6. The zero-order valence-electron chi connectivity index (χ0n) is 14.7. The van der Waals surface area contributed by atoms with Crippen molar-refractivity contribution in [3.05, 3.63) is 68.0 Å². The Kier molecular flexibility index (Phi) is 5.88. The average Bonchev–Trinajstić information content (AvgIpc) is 3.05. The molecule has 2 heterocycles. The van der Waals surface area contributed by atoms with Gasteiger partial charge in [-0.3, -0.25) is 4.79 Å². The molecule has 8 heteroatoms. The van der Waals surface area contributed by atoms with Crippen molar-refractivity contribution in [2.45, 2.75) is 0 Å². The van der Waals surface area contributed by atoms with Gasteiger partial charge < -0.3 is 9.80 Å². The molecular weight excluding hydrogens is 437 g/mol. The number of aliphatic imine (C=N–C) groups is 1. The Morgan fingerprint density at radius 3 is 2.36 bits per heavy atom. The number of carbonyl (C=O) groups excluding carboxylic acids is 1. The van der Waals surface area contributed by atoms with Gasteiger partial charge in [0.05, 0.1) is 4.91 Å². The van der Waals surface area contributed by atoms with Crippen molar-refractivity contribution in [3.63, 3.8) is 0 Å². The molecule has 0 N–H and O–H groups in total. The molecule has 2 aliphatic rings. The molecule has 0 aliphatic carbocycles. The first kappa shape index (κ1) is 19.6. The fourth-order valence-corrected chi connectivity index (χ4v) is 4.73. The molecule has 0 unspecified atom stereocenters. The lowest BCUT2D eigenvalue weighted by Crippen LogP contribution is -2.47. The molecule has 0 bridgehead atoms. The zero-order chi connectivity index (χ0) is 19.7. The van der Waals surface area contributed by atoms with E-state index in [1.807, 2.05) is 18.2 Å². The minimum atomic E-state index is -0.233. The van der Waals surface area contributed by atoms with Crippen molar-refractivity contribution >= 4 is 69.4 Å². The van der Waals surface area contributed by atoms with Crippen molar-refractivity contribution in [2.75, 3.05) is 31.1 Å². The van der Waals surface area contributed by atoms with Crippen LogP contribution in [0.2, 0.25) is 15.1 Å². The number of hydrogen-bond donors (Lipinski definition) is 0. The monoisotopic (exact) mass is 451 g/mol. The van der Waals surface area contributed by atoms with Gasteiger partial charge in [0.2, 0.25) is 0 Å². The number of piperazine rings is 1. The number of benzene rings is 2. The molecule has 2 aromatic carbocycles. The molecule has 1 amide bonds. The maximum absolute atomic E-state index is 12.3. The lowest BCUT2D eigenvalue weighted by molar-refractivity contribution is -0.113. The van der Waals surface area contributed by atoms with Crippen molar-refractivity contribution in [1.29, 1.82) is 0 Å². The highest BCUT2D eigenvalue weighted by Crippen LogP contribution is 2.33. The number of anilines is 1. The van der Waals surface area contributed by atoms with E-state index in [0.29, 0.717) is 15.0 Å². The van der Waals surface area contributed by atoms with Gasteiger partial charge >= 0.3 is 0 Å². The predicted octanol–water partition coefficient (Wildman–Crippen LogP) is 5.44. The van der Waals surface area contributed by atoms with Crippen LogP contribution in [0, 0.1) is 0 Å². The van der Waals surface area contributed by atoms with E-state index in [-0.39, 0.29) is 5.91 Å². The summed E-state index contributed by atoms with van der Waals surface area (Å²) in [6.07, 6.45) is 1.77. The van der Waals surface area contributed by atoms with Gasteiger partial charge in [0, 0.05) is 46.9 Å².